The van der Waals surface area contributed by atoms with Gasteiger partial charge in [0, 0.05) is 18.5 Å². The third kappa shape index (κ3) is 2.98. The van der Waals surface area contributed by atoms with Gasteiger partial charge in [-0.3, -0.25) is 9.97 Å². The van der Waals surface area contributed by atoms with Gasteiger partial charge in [0.1, 0.15) is 0 Å². The third-order valence-corrected chi connectivity index (χ3v) is 3.43. The molecular weight excluding hydrogens is 308 g/mol. The summed E-state index contributed by atoms with van der Waals surface area (Å²) in [7, 11) is 0. The van der Waals surface area contributed by atoms with Crippen LogP contribution in [0.3, 0.4) is 0 Å². The van der Waals surface area contributed by atoms with Crippen LogP contribution in [0.4, 0.5) is 0 Å². The normalized spacial score (nSPS) is 10.7. The molecule has 0 atom stereocenters. The van der Waals surface area contributed by atoms with E-state index in [2.05, 4.69) is 25.0 Å². The number of hydrogen-bond donors (Lipinski definition) is 0. The number of hydrogen-bond acceptors (Lipinski definition) is 7. The molecule has 0 saturated carbocycles. The molecule has 0 aromatic carbocycles. The van der Waals surface area contributed by atoms with E-state index in [0.717, 1.165) is 11.4 Å². The SMILES string of the molecule is Cc1cc(OC(=O)c2cnccn2)n(-c2nc(C)c(C)nc2C)n1. The van der Waals surface area contributed by atoms with E-state index in [-0.39, 0.29) is 11.6 Å². The molecule has 0 amide bonds. The van der Waals surface area contributed by atoms with Crippen molar-refractivity contribution in [2.24, 2.45) is 0 Å². The highest BCUT2D eigenvalue weighted by atomic mass is 16.5. The first-order valence-corrected chi connectivity index (χ1v) is 7.33. The molecule has 8 heteroatoms. The summed E-state index contributed by atoms with van der Waals surface area (Å²) in [5.41, 5.74) is 3.13. The van der Waals surface area contributed by atoms with E-state index >= 15 is 0 Å². The smallest absolute Gasteiger partial charge is 0.365 e. The summed E-state index contributed by atoms with van der Waals surface area (Å²) in [5, 5.41) is 4.36. The molecule has 3 aromatic rings. The fraction of sp³-hybridized carbons (Fsp3) is 0.250. The largest absolute Gasteiger partial charge is 0.402 e. The maximum Gasteiger partial charge on any atom is 0.365 e. The molecule has 0 aliphatic rings. The van der Waals surface area contributed by atoms with Gasteiger partial charge in [0.25, 0.3) is 0 Å². The molecule has 0 N–H and O–H groups in total. The van der Waals surface area contributed by atoms with Crippen molar-refractivity contribution < 1.29 is 9.53 Å². The van der Waals surface area contributed by atoms with Crippen LogP contribution in [0.15, 0.2) is 24.7 Å². The summed E-state index contributed by atoms with van der Waals surface area (Å²) in [6.45, 7) is 7.40. The Labute approximate surface area is 138 Å². The molecule has 0 saturated heterocycles. The number of esters is 1. The van der Waals surface area contributed by atoms with Gasteiger partial charge < -0.3 is 4.74 Å². The summed E-state index contributed by atoms with van der Waals surface area (Å²) in [6, 6.07) is 1.66. The summed E-state index contributed by atoms with van der Waals surface area (Å²) in [5.74, 6) is 0.163. The molecule has 3 heterocycles. The number of aryl methyl sites for hydroxylation is 4. The van der Waals surface area contributed by atoms with E-state index in [0.29, 0.717) is 17.2 Å². The molecule has 8 nitrogen and oxygen atoms in total. The molecule has 0 fully saturated rings. The van der Waals surface area contributed by atoms with Crippen molar-refractivity contribution in [3.05, 3.63) is 53.1 Å². The van der Waals surface area contributed by atoms with Gasteiger partial charge in [-0.05, 0) is 27.7 Å². The van der Waals surface area contributed by atoms with E-state index < -0.39 is 5.97 Å². The fourth-order valence-corrected chi connectivity index (χ4v) is 2.16. The minimum absolute atomic E-state index is 0.116. The molecule has 0 radical (unpaired) electrons. The number of aromatic nitrogens is 6. The maximum absolute atomic E-state index is 12.2. The molecule has 0 bridgehead atoms. The van der Waals surface area contributed by atoms with Gasteiger partial charge in [-0.1, -0.05) is 0 Å². The van der Waals surface area contributed by atoms with Crippen molar-refractivity contribution in [2.45, 2.75) is 27.7 Å². The highest BCUT2D eigenvalue weighted by molar-refractivity contribution is 5.88. The number of carbonyl (C=O) groups excluding carboxylic acids is 1. The Hall–Kier alpha value is -3.16. The average Bonchev–Trinajstić information content (AvgIpc) is 2.92. The van der Waals surface area contributed by atoms with Crippen LogP contribution in [0.5, 0.6) is 5.88 Å². The quantitative estimate of drug-likeness (QED) is 0.679. The van der Waals surface area contributed by atoms with Crippen LogP contribution < -0.4 is 4.74 Å². The second kappa shape index (κ2) is 6.15. The predicted octanol–water partition coefficient (Wildman–Crippen LogP) is 1.91. The van der Waals surface area contributed by atoms with Gasteiger partial charge >= 0.3 is 5.97 Å². The minimum atomic E-state index is -0.612. The monoisotopic (exact) mass is 324 g/mol. The standard InChI is InChI=1S/C16H16N6O2/c1-9-7-14(24-16(23)13-8-17-5-6-18-13)22(21-9)15-12(4)19-10(2)11(3)20-15/h5-8H,1-4H3. The lowest BCUT2D eigenvalue weighted by molar-refractivity contribution is 0.0716. The lowest BCUT2D eigenvalue weighted by Crippen LogP contribution is -2.15. The third-order valence-electron chi connectivity index (χ3n) is 3.43. The van der Waals surface area contributed by atoms with Crippen molar-refractivity contribution in [2.75, 3.05) is 0 Å². The van der Waals surface area contributed by atoms with E-state index in [4.69, 9.17) is 4.74 Å². The molecule has 122 valence electrons. The highest BCUT2D eigenvalue weighted by Gasteiger charge is 2.18. The molecule has 3 aromatic heterocycles. The fourth-order valence-electron chi connectivity index (χ4n) is 2.16. The molecular formula is C16H16N6O2. The average molecular weight is 324 g/mol. The lowest BCUT2D eigenvalue weighted by Gasteiger charge is -2.10. The number of rotatable bonds is 3. The first-order valence-electron chi connectivity index (χ1n) is 7.33. The summed E-state index contributed by atoms with van der Waals surface area (Å²) < 4.78 is 6.89. The van der Waals surface area contributed by atoms with Crippen LogP contribution >= 0.6 is 0 Å². The van der Waals surface area contributed by atoms with Crippen LogP contribution in [0.2, 0.25) is 0 Å². The zero-order valence-corrected chi connectivity index (χ0v) is 13.8. The number of carbonyl (C=O) groups is 1. The van der Waals surface area contributed by atoms with Gasteiger partial charge in [-0.25, -0.2) is 14.8 Å². The van der Waals surface area contributed by atoms with E-state index in [1.54, 1.807) is 13.0 Å². The van der Waals surface area contributed by atoms with Crippen molar-refractivity contribution in [3.63, 3.8) is 0 Å². The second-order valence-electron chi connectivity index (χ2n) is 5.32. The molecule has 0 aliphatic carbocycles. The van der Waals surface area contributed by atoms with Gasteiger partial charge in [-0.15, -0.1) is 0 Å². The topological polar surface area (TPSA) is 95.7 Å². The minimum Gasteiger partial charge on any atom is -0.402 e. The molecule has 0 spiro atoms. The number of ether oxygens (including phenoxy) is 1. The van der Waals surface area contributed by atoms with E-state index in [1.807, 2.05) is 20.8 Å². The Bertz CT molecular complexity index is 904. The summed E-state index contributed by atoms with van der Waals surface area (Å²) in [6.07, 6.45) is 4.26. The van der Waals surface area contributed by atoms with Crippen LogP contribution in [0.1, 0.15) is 33.3 Å². The van der Waals surface area contributed by atoms with Gasteiger partial charge in [0.05, 0.1) is 29.0 Å². The Balaban J connectivity index is 2.00. The van der Waals surface area contributed by atoms with E-state index in [9.17, 15) is 4.79 Å². The van der Waals surface area contributed by atoms with Crippen LogP contribution in [0, 0.1) is 27.7 Å². The Morgan fingerprint density at radius 3 is 2.50 bits per heavy atom. The van der Waals surface area contributed by atoms with Gasteiger partial charge in [0.2, 0.25) is 5.88 Å². The van der Waals surface area contributed by atoms with Gasteiger partial charge in [-0.2, -0.15) is 9.78 Å². The zero-order valence-electron chi connectivity index (χ0n) is 13.8. The first-order chi connectivity index (χ1) is 11.5. The Morgan fingerprint density at radius 1 is 1.04 bits per heavy atom. The lowest BCUT2D eigenvalue weighted by atomic mass is 10.3. The van der Waals surface area contributed by atoms with Crippen molar-refractivity contribution in [1.82, 2.24) is 29.7 Å². The first kappa shape index (κ1) is 15.7. The summed E-state index contributed by atoms with van der Waals surface area (Å²) in [4.78, 5) is 29.0. The maximum atomic E-state index is 12.2. The van der Waals surface area contributed by atoms with Crippen molar-refractivity contribution >= 4 is 5.97 Å². The molecule has 0 unspecified atom stereocenters. The Morgan fingerprint density at radius 2 is 1.79 bits per heavy atom. The van der Waals surface area contributed by atoms with Crippen LogP contribution in [-0.2, 0) is 0 Å². The summed E-state index contributed by atoms with van der Waals surface area (Å²) >= 11 is 0. The molecule has 0 aliphatic heterocycles. The zero-order chi connectivity index (χ0) is 17.3. The number of nitrogens with zero attached hydrogens (tertiary/aromatic N) is 6. The van der Waals surface area contributed by atoms with Crippen molar-refractivity contribution in [1.29, 1.82) is 0 Å². The molecule has 3 rings (SSSR count). The van der Waals surface area contributed by atoms with Crippen molar-refractivity contribution in [3.8, 4) is 11.7 Å². The van der Waals surface area contributed by atoms with Gasteiger partial charge in [0.15, 0.2) is 11.5 Å². The molecule has 24 heavy (non-hydrogen) atoms. The van der Waals surface area contributed by atoms with Crippen LogP contribution in [0.25, 0.3) is 5.82 Å². The second-order valence-corrected chi connectivity index (χ2v) is 5.32. The van der Waals surface area contributed by atoms with Crippen LogP contribution in [-0.4, -0.2) is 35.7 Å². The predicted molar refractivity (Wildman–Crippen MR) is 85.1 cm³/mol. The Kier molecular flexibility index (Phi) is 4.03. The van der Waals surface area contributed by atoms with E-state index in [1.165, 1.54) is 23.3 Å². The highest BCUT2D eigenvalue weighted by Crippen LogP contribution is 2.21.